The molecule has 0 radical (unpaired) electrons. The van der Waals surface area contributed by atoms with Crippen molar-refractivity contribution in [1.29, 1.82) is 0 Å². The summed E-state index contributed by atoms with van der Waals surface area (Å²) < 4.78 is 0. The number of carbonyl (C=O) groups is 2. The van der Waals surface area contributed by atoms with Gasteiger partial charge in [0.25, 0.3) is 0 Å². The molecule has 1 saturated heterocycles. The van der Waals surface area contributed by atoms with Crippen LogP contribution < -0.4 is 16.0 Å². The fraction of sp³-hybridized carbons (Fsp3) is 0.308. The third-order valence-corrected chi connectivity index (χ3v) is 3.41. The number of anilines is 2. The lowest BCUT2D eigenvalue weighted by atomic mass is 10.1. The molecule has 1 fully saturated rings. The zero-order valence-electron chi connectivity index (χ0n) is 11.0. The average Bonchev–Trinajstić information content (AvgIpc) is 2.80. The molecule has 1 atom stereocenters. The number of hydrogen-bond donors (Lipinski definition) is 3. The van der Waals surface area contributed by atoms with Crippen LogP contribution in [0.3, 0.4) is 0 Å². The van der Waals surface area contributed by atoms with Crippen LogP contribution in [0.25, 0.3) is 11.0 Å². The second-order valence-corrected chi connectivity index (χ2v) is 4.80. The van der Waals surface area contributed by atoms with Gasteiger partial charge in [0.2, 0.25) is 17.8 Å². The minimum atomic E-state index is -0.398. The summed E-state index contributed by atoms with van der Waals surface area (Å²) in [4.78, 5) is 32.6. The number of hydrogen-bond acceptors (Lipinski definition) is 5. The molecule has 2 amide bonds. The molecule has 0 aliphatic carbocycles. The molecule has 104 valence electrons. The number of H-pyrrole nitrogens is 1. The smallest absolute Gasteiger partial charge is 0.249 e. The number of rotatable bonds is 2. The van der Waals surface area contributed by atoms with Crippen molar-refractivity contribution in [2.24, 2.45) is 0 Å². The fourth-order valence-electron chi connectivity index (χ4n) is 2.44. The van der Waals surface area contributed by atoms with Gasteiger partial charge >= 0.3 is 0 Å². The highest BCUT2D eigenvalue weighted by Gasteiger charge is 2.34. The first-order valence-electron chi connectivity index (χ1n) is 6.44. The Hall–Kier alpha value is -2.57. The van der Waals surface area contributed by atoms with Crippen LogP contribution in [0, 0.1) is 0 Å². The lowest BCUT2D eigenvalue weighted by molar-refractivity contribution is -0.133. The number of nitrogens with two attached hydrogens (primary N) is 1. The van der Waals surface area contributed by atoms with E-state index in [4.69, 9.17) is 5.73 Å². The van der Waals surface area contributed by atoms with Crippen molar-refractivity contribution in [3.05, 3.63) is 18.2 Å². The average molecular weight is 273 g/mol. The quantitative estimate of drug-likeness (QED) is 0.542. The van der Waals surface area contributed by atoms with Crippen molar-refractivity contribution in [3.63, 3.8) is 0 Å². The molecule has 1 aromatic carbocycles. The number of aromatic nitrogens is 2. The van der Waals surface area contributed by atoms with E-state index < -0.39 is 6.04 Å². The molecule has 2 heterocycles. The van der Waals surface area contributed by atoms with E-state index in [0.717, 1.165) is 11.0 Å². The Labute approximate surface area is 115 Å². The molecule has 7 nitrogen and oxygen atoms in total. The minimum Gasteiger partial charge on any atom is -0.399 e. The van der Waals surface area contributed by atoms with Crippen LogP contribution >= 0.6 is 0 Å². The van der Waals surface area contributed by atoms with Crippen molar-refractivity contribution >= 4 is 34.5 Å². The third-order valence-electron chi connectivity index (χ3n) is 3.41. The van der Waals surface area contributed by atoms with Gasteiger partial charge in [0.1, 0.15) is 12.6 Å². The van der Waals surface area contributed by atoms with E-state index in [0.29, 0.717) is 18.1 Å². The van der Waals surface area contributed by atoms with E-state index in [2.05, 4.69) is 15.3 Å². The molecule has 7 heteroatoms. The number of imidazole rings is 1. The van der Waals surface area contributed by atoms with Gasteiger partial charge in [-0.3, -0.25) is 14.9 Å². The molecule has 4 N–H and O–H groups in total. The molecule has 1 aromatic heterocycles. The van der Waals surface area contributed by atoms with Crippen LogP contribution in [0.2, 0.25) is 0 Å². The van der Waals surface area contributed by atoms with Gasteiger partial charge in [0, 0.05) is 5.69 Å². The highest BCUT2D eigenvalue weighted by Crippen LogP contribution is 2.23. The number of fused-ring (bicyclic) bond motifs is 1. The maximum absolute atomic E-state index is 11.9. The maximum atomic E-state index is 11.9. The predicted octanol–water partition coefficient (Wildman–Crippen LogP) is 0.386. The Kier molecular flexibility index (Phi) is 2.81. The standard InChI is InChI=1S/C13H15N5O2/c1-2-10-12(20)17-11(19)6-18(10)13-15-8-4-3-7(14)5-9(8)16-13/h3-5,10H,2,6,14H2,1H3,(H,15,16)(H,17,19,20). The van der Waals surface area contributed by atoms with E-state index in [1.807, 2.05) is 6.92 Å². The lowest BCUT2D eigenvalue weighted by Crippen LogP contribution is -2.58. The lowest BCUT2D eigenvalue weighted by Gasteiger charge is -2.32. The van der Waals surface area contributed by atoms with Crippen LogP contribution in [0.5, 0.6) is 0 Å². The second-order valence-electron chi connectivity index (χ2n) is 4.80. The van der Waals surface area contributed by atoms with Gasteiger partial charge in [-0.15, -0.1) is 0 Å². The van der Waals surface area contributed by atoms with Crippen molar-refractivity contribution < 1.29 is 9.59 Å². The van der Waals surface area contributed by atoms with E-state index in [9.17, 15) is 9.59 Å². The Bertz CT molecular complexity index is 693. The first-order chi connectivity index (χ1) is 9.58. The van der Waals surface area contributed by atoms with Crippen LogP contribution in [-0.4, -0.2) is 34.4 Å². The Morgan fingerprint density at radius 1 is 1.45 bits per heavy atom. The Morgan fingerprint density at radius 3 is 3.00 bits per heavy atom. The molecular formula is C13H15N5O2. The molecular weight excluding hydrogens is 258 g/mol. The van der Waals surface area contributed by atoms with Gasteiger partial charge in [-0.1, -0.05) is 6.92 Å². The van der Waals surface area contributed by atoms with Crippen LogP contribution in [0.4, 0.5) is 11.6 Å². The van der Waals surface area contributed by atoms with E-state index in [1.54, 1.807) is 23.1 Å². The molecule has 0 bridgehead atoms. The van der Waals surface area contributed by atoms with Crippen LogP contribution in [-0.2, 0) is 9.59 Å². The summed E-state index contributed by atoms with van der Waals surface area (Å²) in [7, 11) is 0. The minimum absolute atomic E-state index is 0.111. The van der Waals surface area contributed by atoms with Gasteiger partial charge in [-0.05, 0) is 24.6 Å². The second kappa shape index (κ2) is 4.52. The Balaban J connectivity index is 2.03. The number of piperazine rings is 1. The highest BCUT2D eigenvalue weighted by atomic mass is 16.2. The van der Waals surface area contributed by atoms with Crippen LogP contribution in [0.1, 0.15) is 13.3 Å². The normalized spacial score (nSPS) is 19.4. The van der Waals surface area contributed by atoms with Gasteiger partial charge < -0.3 is 15.6 Å². The number of amides is 2. The van der Waals surface area contributed by atoms with Crippen molar-refractivity contribution in [2.45, 2.75) is 19.4 Å². The van der Waals surface area contributed by atoms with E-state index >= 15 is 0 Å². The molecule has 2 aromatic rings. The molecule has 1 aliphatic rings. The fourth-order valence-corrected chi connectivity index (χ4v) is 2.44. The van der Waals surface area contributed by atoms with E-state index in [1.165, 1.54) is 0 Å². The molecule has 0 spiro atoms. The van der Waals surface area contributed by atoms with Gasteiger partial charge in [-0.2, -0.15) is 0 Å². The van der Waals surface area contributed by atoms with Gasteiger partial charge in [-0.25, -0.2) is 4.98 Å². The zero-order valence-corrected chi connectivity index (χ0v) is 11.0. The molecule has 0 saturated carbocycles. The number of benzene rings is 1. The summed E-state index contributed by atoms with van der Waals surface area (Å²) in [6.45, 7) is 2.01. The monoisotopic (exact) mass is 273 g/mol. The van der Waals surface area contributed by atoms with Crippen molar-refractivity contribution in [2.75, 3.05) is 17.2 Å². The topological polar surface area (TPSA) is 104 Å². The van der Waals surface area contributed by atoms with Gasteiger partial charge in [0.15, 0.2) is 0 Å². The van der Waals surface area contributed by atoms with E-state index in [-0.39, 0.29) is 18.4 Å². The summed E-state index contributed by atoms with van der Waals surface area (Å²) in [6.07, 6.45) is 0.596. The predicted molar refractivity (Wildman–Crippen MR) is 75.1 cm³/mol. The number of nitrogens with zero attached hydrogens (tertiary/aromatic N) is 2. The number of imide groups is 1. The van der Waals surface area contributed by atoms with Gasteiger partial charge in [0.05, 0.1) is 11.0 Å². The van der Waals surface area contributed by atoms with Crippen molar-refractivity contribution in [1.82, 2.24) is 15.3 Å². The summed E-state index contributed by atoms with van der Waals surface area (Å²) in [5.41, 5.74) is 7.90. The third kappa shape index (κ3) is 1.97. The highest BCUT2D eigenvalue weighted by molar-refractivity contribution is 6.04. The summed E-state index contributed by atoms with van der Waals surface area (Å²) in [6, 6.07) is 4.94. The summed E-state index contributed by atoms with van der Waals surface area (Å²) >= 11 is 0. The Morgan fingerprint density at radius 2 is 2.25 bits per heavy atom. The number of nitrogens with one attached hydrogen (secondary N) is 2. The largest absolute Gasteiger partial charge is 0.399 e. The number of aromatic amines is 1. The summed E-state index contributed by atoms with van der Waals surface area (Å²) in [5.74, 6) is -0.0935. The van der Waals surface area contributed by atoms with Crippen molar-refractivity contribution in [3.8, 4) is 0 Å². The molecule has 3 rings (SSSR count). The molecule has 1 aliphatic heterocycles. The maximum Gasteiger partial charge on any atom is 0.249 e. The summed E-state index contributed by atoms with van der Waals surface area (Å²) in [5, 5.41) is 2.34. The molecule has 20 heavy (non-hydrogen) atoms. The first-order valence-corrected chi connectivity index (χ1v) is 6.44. The SMILES string of the molecule is CCC1C(=O)NC(=O)CN1c1nc2ccc(N)cc2[nH]1. The zero-order chi connectivity index (χ0) is 14.3. The number of carbonyl (C=O) groups excluding carboxylic acids is 2. The first kappa shape index (κ1) is 12.5. The van der Waals surface area contributed by atoms with Crippen LogP contribution in [0.15, 0.2) is 18.2 Å². The molecule has 1 unspecified atom stereocenters. The number of nitrogen functional groups attached to an aromatic ring is 1.